The average Bonchev–Trinajstić information content (AvgIpc) is 2.41. The third kappa shape index (κ3) is 4.35. The lowest BCUT2D eigenvalue weighted by molar-refractivity contribution is 0.665. The summed E-state index contributed by atoms with van der Waals surface area (Å²) in [4.78, 5) is 8.64. The zero-order valence-electron chi connectivity index (χ0n) is 10.0. The third-order valence-corrected chi connectivity index (χ3v) is 2.82. The van der Waals surface area contributed by atoms with Crippen LogP contribution in [0.2, 0.25) is 0 Å². The van der Waals surface area contributed by atoms with Crippen molar-refractivity contribution in [1.82, 2.24) is 9.97 Å². The van der Waals surface area contributed by atoms with Gasteiger partial charge in [0.2, 0.25) is 0 Å². The maximum absolute atomic E-state index is 4.32. The van der Waals surface area contributed by atoms with Crippen molar-refractivity contribution in [3.05, 3.63) is 60.2 Å². The zero-order chi connectivity index (χ0) is 11.8. The number of aryl methyl sites for hydroxylation is 2. The van der Waals surface area contributed by atoms with Gasteiger partial charge in [-0.1, -0.05) is 18.6 Å². The van der Waals surface area contributed by atoms with Crippen LogP contribution < -0.4 is 0 Å². The van der Waals surface area contributed by atoms with E-state index in [9.17, 15) is 0 Å². The predicted octanol–water partition coefficient (Wildman–Crippen LogP) is 3.43. The van der Waals surface area contributed by atoms with Gasteiger partial charge < -0.3 is 0 Å². The van der Waals surface area contributed by atoms with E-state index < -0.39 is 0 Å². The second-order valence-corrected chi connectivity index (χ2v) is 4.20. The molecule has 2 aromatic rings. The van der Waals surface area contributed by atoms with Gasteiger partial charge in [-0.15, -0.1) is 0 Å². The van der Waals surface area contributed by atoms with E-state index in [-0.39, 0.29) is 0 Å². The highest BCUT2D eigenvalue weighted by atomic mass is 14.7. The molecule has 0 atom stereocenters. The van der Waals surface area contributed by atoms with Gasteiger partial charge in [-0.3, -0.25) is 9.97 Å². The van der Waals surface area contributed by atoms with Gasteiger partial charge in [-0.25, -0.2) is 0 Å². The molecule has 0 saturated carbocycles. The summed E-state index contributed by atoms with van der Waals surface area (Å²) in [5.74, 6) is 0. The average molecular weight is 226 g/mol. The maximum atomic E-state index is 4.32. The van der Waals surface area contributed by atoms with Gasteiger partial charge in [0.1, 0.15) is 0 Å². The van der Waals surface area contributed by atoms with Crippen LogP contribution in [0.4, 0.5) is 0 Å². The Morgan fingerprint density at radius 3 is 1.59 bits per heavy atom. The van der Waals surface area contributed by atoms with Crippen molar-refractivity contribution < 1.29 is 0 Å². The summed E-state index contributed by atoms with van der Waals surface area (Å²) in [7, 11) is 0. The van der Waals surface area contributed by atoms with E-state index in [1.54, 1.807) is 0 Å². The third-order valence-electron chi connectivity index (χ3n) is 2.82. The molecular formula is C15H18N2. The predicted molar refractivity (Wildman–Crippen MR) is 69.7 cm³/mol. The van der Waals surface area contributed by atoms with Gasteiger partial charge in [0.15, 0.2) is 0 Å². The molecule has 0 saturated heterocycles. The molecular weight excluding hydrogens is 208 g/mol. The summed E-state index contributed by atoms with van der Waals surface area (Å²) >= 11 is 0. The Hall–Kier alpha value is -1.70. The molecule has 0 bridgehead atoms. The molecule has 17 heavy (non-hydrogen) atoms. The molecule has 0 N–H and O–H groups in total. The highest BCUT2D eigenvalue weighted by molar-refractivity contribution is 5.04. The van der Waals surface area contributed by atoms with E-state index in [0.29, 0.717) is 0 Å². The van der Waals surface area contributed by atoms with Crippen molar-refractivity contribution in [2.24, 2.45) is 0 Å². The first-order valence-corrected chi connectivity index (χ1v) is 6.25. The Morgan fingerprint density at radius 2 is 1.18 bits per heavy atom. The fourth-order valence-electron chi connectivity index (χ4n) is 1.88. The summed E-state index contributed by atoms with van der Waals surface area (Å²) < 4.78 is 0. The van der Waals surface area contributed by atoms with Gasteiger partial charge in [0, 0.05) is 23.8 Å². The zero-order valence-corrected chi connectivity index (χ0v) is 10.0. The van der Waals surface area contributed by atoms with Crippen LogP contribution in [0.3, 0.4) is 0 Å². The Balaban J connectivity index is 1.61. The van der Waals surface area contributed by atoms with E-state index in [0.717, 1.165) is 12.8 Å². The number of pyridine rings is 2. The minimum atomic E-state index is 1.09. The Kier molecular flexibility index (Phi) is 4.70. The quantitative estimate of drug-likeness (QED) is 0.705. The van der Waals surface area contributed by atoms with Crippen LogP contribution >= 0.6 is 0 Å². The van der Waals surface area contributed by atoms with Crippen LogP contribution in [0, 0.1) is 0 Å². The van der Waals surface area contributed by atoms with Crippen LogP contribution in [-0.2, 0) is 12.8 Å². The molecule has 2 heterocycles. The van der Waals surface area contributed by atoms with Gasteiger partial charge in [0.05, 0.1) is 0 Å². The van der Waals surface area contributed by atoms with Gasteiger partial charge in [0.25, 0.3) is 0 Å². The minimum Gasteiger partial charge on any atom is -0.261 e. The molecule has 0 aliphatic rings. The van der Waals surface area contributed by atoms with Crippen LogP contribution in [0.15, 0.2) is 48.8 Å². The van der Waals surface area contributed by atoms with Crippen molar-refractivity contribution in [1.29, 1.82) is 0 Å². The highest BCUT2D eigenvalue weighted by Gasteiger charge is 1.96. The Bertz CT molecular complexity index is 370. The van der Waals surface area contributed by atoms with E-state index in [1.807, 2.05) is 24.5 Å². The van der Waals surface area contributed by atoms with Crippen LogP contribution in [0.25, 0.3) is 0 Å². The first-order valence-electron chi connectivity index (χ1n) is 6.25. The van der Waals surface area contributed by atoms with Crippen LogP contribution in [0.5, 0.6) is 0 Å². The first-order chi connectivity index (χ1) is 8.45. The summed E-state index contributed by atoms with van der Waals surface area (Å²) in [6.45, 7) is 0. The molecule has 2 heteroatoms. The molecule has 0 aromatic carbocycles. The molecule has 0 unspecified atom stereocenters. The lowest BCUT2D eigenvalue weighted by atomic mass is 10.1. The standard InChI is InChI=1S/C15H18N2/c1(2-8-14-10-4-6-12-16-14)3-9-15-11-5-7-13-17-15/h4-7,10-13H,1-3,8-9H2. The van der Waals surface area contributed by atoms with Gasteiger partial charge >= 0.3 is 0 Å². The van der Waals surface area contributed by atoms with Gasteiger partial charge in [-0.2, -0.15) is 0 Å². The van der Waals surface area contributed by atoms with Crippen LogP contribution in [0.1, 0.15) is 30.7 Å². The molecule has 0 spiro atoms. The molecule has 0 fully saturated rings. The van der Waals surface area contributed by atoms with E-state index in [1.165, 1.54) is 30.7 Å². The number of aromatic nitrogens is 2. The fourth-order valence-corrected chi connectivity index (χ4v) is 1.88. The monoisotopic (exact) mass is 226 g/mol. The molecule has 0 aliphatic carbocycles. The van der Waals surface area contributed by atoms with E-state index >= 15 is 0 Å². The minimum absolute atomic E-state index is 1.09. The smallest absolute Gasteiger partial charge is 0.0403 e. The fraction of sp³-hybridized carbons (Fsp3) is 0.333. The van der Waals surface area contributed by atoms with Gasteiger partial charge in [-0.05, 0) is 49.9 Å². The summed E-state index contributed by atoms with van der Waals surface area (Å²) in [6.07, 6.45) is 9.57. The number of nitrogens with zero attached hydrogens (tertiary/aromatic N) is 2. The lowest BCUT2D eigenvalue weighted by Gasteiger charge is -2.01. The summed E-state index contributed by atoms with van der Waals surface area (Å²) in [5, 5.41) is 0. The SMILES string of the molecule is c1ccc(CCCCCc2ccccn2)nc1. The molecule has 88 valence electrons. The largest absolute Gasteiger partial charge is 0.261 e. The van der Waals surface area contributed by atoms with Crippen molar-refractivity contribution in [2.75, 3.05) is 0 Å². The van der Waals surface area contributed by atoms with E-state index in [4.69, 9.17) is 0 Å². The summed E-state index contributed by atoms with van der Waals surface area (Å²) in [5.41, 5.74) is 2.40. The van der Waals surface area contributed by atoms with Crippen molar-refractivity contribution >= 4 is 0 Å². The molecule has 0 aliphatic heterocycles. The van der Waals surface area contributed by atoms with E-state index in [2.05, 4.69) is 34.2 Å². The number of rotatable bonds is 6. The Labute approximate surface area is 103 Å². The first kappa shape index (κ1) is 11.8. The normalized spacial score (nSPS) is 10.4. The molecule has 0 radical (unpaired) electrons. The Morgan fingerprint density at radius 1 is 0.647 bits per heavy atom. The van der Waals surface area contributed by atoms with Crippen molar-refractivity contribution in [3.63, 3.8) is 0 Å². The number of unbranched alkanes of at least 4 members (excludes halogenated alkanes) is 2. The second-order valence-electron chi connectivity index (χ2n) is 4.20. The highest BCUT2D eigenvalue weighted by Crippen LogP contribution is 2.06. The molecule has 0 amide bonds. The molecule has 2 nitrogen and oxygen atoms in total. The maximum Gasteiger partial charge on any atom is 0.0403 e. The van der Waals surface area contributed by atoms with Crippen molar-refractivity contribution in [2.45, 2.75) is 32.1 Å². The van der Waals surface area contributed by atoms with Crippen molar-refractivity contribution in [3.8, 4) is 0 Å². The second kappa shape index (κ2) is 6.79. The number of hydrogen-bond acceptors (Lipinski definition) is 2. The molecule has 2 aromatic heterocycles. The summed E-state index contributed by atoms with van der Waals surface area (Å²) in [6, 6.07) is 12.2. The molecule has 2 rings (SSSR count). The number of hydrogen-bond donors (Lipinski definition) is 0. The van der Waals surface area contributed by atoms with Crippen LogP contribution in [-0.4, -0.2) is 9.97 Å². The lowest BCUT2D eigenvalue weighted by Crippen LogP contribution is -1.92. The topological polar surface area (TPSA) is 25.8 Å².